The van der Waals surface area contributed by atoms with Gasteiger partial charge in [0, 0.05) is 67.0 Å². The van der Waals surface area contributed by atoms with Gasteiger partial charge in [-0.05, 0) is 42.4 Å². The molecule has 0 bridgehead atoms. The highest BCUT2D eigenvalue weighted by molar-refractivity contribution is 9.08. The Bertz CT molecular complexity index is 1230. The monoisotopic (exact) mass is 520 g/mol. The third kappa shape index (κ3) is 5.39. The predicted octanol–water partition coefficient (Wildman–Crippen LogP) is 5.30. The Kier molecular flexibility index (Phi) is 7.80. The lowest BCUT2D eigenvalue weighted by atomic mass is 9.92. The van der Waals surface area contributed by atoms with Crippen molar-refractivity contribution < 1.29 is 5.11 Å². The van der Waals surface area contributed by atoms with Crippen molar-refractivity contribution in [3.63, 3.8) is 0 Å². The highest BCUT2D eigenvalue weighted by Crippen LogP contribution is 2.32. The number of phenols is 1. The molecule has 34 heavy (non-hydrogen) atoms. The summed E-state index contributed by atoms with van der Waals surface area (Å²) in [4.78, 5) is 11.4. The number of piperidine rings is 1. The highest BCUT2D eigenvalue weighted by atomic mass is 79.9. The summed E-state index contributed by atoms with van der Waals surface area (Å²) in [6.07, 6.45) is 7.42. The molecule has 3 aromatic heterocycles. The molecule has 0 unspecified atom stereocenters. The minimum atomic E-state index is 0.267. The second kappa shape index (κ2) is 11.2. The zero-order valence-corrected chi connectivity index (χ0v) is 20.8. The number of halogens is 1. The molecule has 1 saturated heterocycles. The van der Waals surface area contributed by atoms with Crippen LogP contribution in [0.15, 0.2) is 73.7 Å². The molecule has 8 heteroatoms. The van der Waals surface area contributed by atoms with E-state index in [1.807, 2.05) is 40.8 Å². The normalized spacial score (nSPS) is 13.9. The van der Waals surface area contributed by atoms with E-state index in [-0.39, 0.29) is 5.75 Å². The van der Waals surface area contributed by atoms with E-state index in [1.165, 1.54) is 0 Å². The fourth-order valence-electron chi connectivity index (χ4n) is 4.28. The third-order valence-electron chi connectivity index (χ3n) is 6.05. The summed E-state index contributed by atoms with van der Waals surface area (Å²) in [5.41, 5.74) is 4.98. The summed E-state index contributed by atoms with van der Waals surface area (Å²) >= 11 is 2.94. The SMILES string of the molecule is C=C(c1cccc(O)c1)N1CCC(c2cc(NCc3cccnc3)n3nccc3n2)CC1.CBr. The van der Waals surface area contributed by atoms with Gasteiger partial charge >= 0.3 is 0 Å². The molecule has 5 rings (SSSR count). The number of pyridine rings is 1. The quantitative estimate of drug-likeness (QED) is 0.335. The fourth-order valence-corrected chi connectivity index (χ4v) is 4.28. The van der Waals surface area contributed by atoms with Crippen molar-refractivity contribution in [3.05, 3.63) is 90.5 Å². The van der Waals surface area contributed by atoms with Gasteiger partial charge in [-0.15, -0.1) is 0 Å². The number of rotatable bonds is 6. The standard InChI is InChI=1S/C25H26N6O.CH3Br/c1-18(21-5-2-6-22(32)14-21)30-12-8-20(9-13-30)23-15-25(31-24(29-23)7-11-28-31)27-17-19-4-3-10-26-16-19;1-2/h2-7,10-11,14-16,20,27,32H,1,8-9,12-13,17H2;1H3. The van der Waals surface area contributed by atoms with Crippen LogP contribution in [0.1, 0.15) is 35.6 Å². The molecule has 4 heterocycles. The number of nitrogens with zero attached hydrogens (tertiary/aromatic N) is 5. The van der Waals surface area contributed by atoms with Crippen LogP contribution in [0.25, 0.3) is 11.3 Å². The summed E-state index contributed by atoms with van der Waals surface area (Å²) in [6.45, 7) is 6.75. The topological polar surface area (TPSA) is 78.6 Å². The zero-order valence-electron chi connectivity index (χ0n) is 19.2. The summed E-state index contributed by atoms with van der Waals surface area (Å²) in [7, 11) is 0. The molecule has 0 amide bonds. The third-order valence-corrected chi connectivity index (χ3v) is 6.05. The van der Waals surface area contributed by atoms with E-state index in [4.69, 9.17) is 4.98 Å². The maximum atomic E-state index is 9.78. The molecule has 176 valence electrons. The summed E-state index contributed by atoms with van der Waals surface area (Å²) in [5.74, 6) is 3.39. The zero-order chi connectivity index (χ0) is 23.9. The van der Waals surface area contributed by atoms with Crippen LogP contribution in [-0.4, -0.2) is 48.5 Å². The number of aromatic nitrogens is 4. The van der Waals surface area contributed by atoms with Crippen molar-refractivity contribution in [1.82, 2.24) is 24.5 Å². The van der Waals surface area contributed by atoms with Crippen molar-refractivity contribution in [2.24, 2.45) is 0 Å². The molecule has 0 saturated carbocycles. The van der Waals surface area contributed by atoms with Crippen LogP contribution in [0, 0.1) is 0 Å². The fraction of sp³-hybridized carbons (Fsp3) is 0.269. The van der Waals surface area contributed by atoms with Crippen molar-refractivity contribution in [3.8, 4) is 5.75 Å². The largest absolute Gasteiger partial charge is 0.508 e. The summed E-state index contributed by atoms with van der Waals surface area (Å²) in [5, 5.41) is 17.7. The number of phenolic OH excluding ortho intramolecular Hbond substituents is 1. The Morgan fingerprint density at radius 1 is 1.12 bits per heavy atom. The Hall–Kier alpha value is -3.39. The van der Waals surface area contributed by atoms with Crippen LogP contribution < -0.4 is 5.32 Å². The summed E-state index contributed by atoms with van der Waals surface area (Å²) < 4.78 is 1.85. The molecule has 7 nitrogen and oxygen atoms in total. The number of likely N-dealkylation sites (tertiary alicyclic amines) is 1. The first-order valence-electron chi connectivity index (χ1n) is 11.3. The Morgan fingerprint density at radius 3 is 2.68 bits per heavy atom. The Balaban J connectivity index is 0.00000133. The van der Waals surface area contributed by atoms with Gasteiger partial charge in [-0.2, -0.15) is 9.61 Å². The van der Waals surface area contributed by atoms with Gasteiger partial charge < -0.3 is 15.3 Å². The molecule has 0 spiro atoms. The first-order chi connectivity index (χ1) is 16.7. The number of alkyl halides is 1. The van der Waals surface area contributed by atoms with Crippen LogP contribution in [-0.2, 0) is 6.54 Å². The average molecular weight is 521 g/mol. The number of nitrogens with one attached hydrogen (secondary N) is 1. The first kappa shape index (κ1) is 23.8. The Morgan fingerprint density at radius 2 is 1.94 bits per heavy atom. The van der Waals surface area contributed by atoms with Crippen molar-refractivity contribution >= 4 is 33.1 Å². The second-order valence-electron chi connectivity index (χ2n) is 8.14. The average Bonchev–Trinajstić information content (AvgIpc) is 3.38. The predicted molar refractivity (Wildman–Crippen MR) is 140 cm³/mol. The van der Waals surface area contributed by atoms with Crippen molar-refractivity contribution in [1.29, 1.82) is 0 Å². The van der Waals surface area contributed by atoms with Crippen LogP contribution in [0.5, 0.6) is 5.75 Å². The van der Waals surface area contributed by atoms with Gasteiger partial charge in [0.05, 0.1) is 6.20 Å². The van der Waals surface area contributed by atoms with Crippen LogP contribution in [0.2, 0.25) is 0 Å². The lowest BCUT2D eigenvalue weighted by Gasteiger charge is -2.34. The van der Waals surface area contributed by atoms with E-state index < -0.39 is 0 Å². The molecule has 1 aliphatic rings. The lowest BCUT2D eigenvalue weighted by Crippen LogP contribution is -2.31. The van der Waals surface area contributed by atoms with E-state index in [0.717, 1.165) is 59.9 Å². The number of hydrogen-bond donors (Lipinski definition) is 2. The van der Waals surface area contributed by atoms with Crippen LogP contribution >= 0.6 is 15.9 Å². The Labute approximate surface area is 208 Å². The van der Waals surface area contributed by atoms with Gasteiger partial charge in [-0.25, -0.2) is 4.98 Å². The molecular weight excluding hydrogens is 492 g/mol. The number of anilines is 1. The molecule has 0 atom stereocenters. The molecule has 0 aliphatic carbocycles. The van der Waals surface area contributed by atoms with E-state index >= 15 is 0 Å². The second-order valence-corrected chi connectivity index (χ2v) is 8.14. The minimum Gasteiger partial charge on any atom is -0.508 e. The van der Waals surface area contributed by atoms with Crippen molar-refractivity contribution in [2.75, 3.05) is 24.2 Å². The number of benzene rings is 1. The maximum absolute atomic E-state index is 9.78. The van der Waals surface area contributed by atoms with E-state index in [2.05, 4.69) is 54.9 Å². The lowest BCUT2D eigenvalue weighted by molar-refractivity contribution is 0.296. The van der Waals surface area contributed by atoms with Crippen molar-refractivity contribution in [2.45, 2.75) is 25.3 Å². The number of hydrogen-bond acceptors (Lipinski definition) is 6. The van der Waals surface area contributed by atoms with E-state index in [9.17, 15) is 5.11 Å². The smallest absolute Gasteiger partial charge is 0.157 e. The van der Waals surface area contributed by atoms with Gasteiger partial charge in [-0.1, -0.05) is 40.7 Å². The molecular formula is C26H29BrN6O. The van der Waals surface area contributed by atoms with E-state index in [0.29, 0.717) is 12.5 Å². The summed E-state index contributed by atoms with van der Waals surface area (Å²) in [6, 6.07) is 15.4. The molecule has 2 N–H and O–H groups in total. The number of fused-ring (bicyclic) bond motifs is 1. The maximum Gasteiger partial charge on any atom is 0.157 e. The molecule has 1 aliphatic heterocycles. The molecule has 4 aromatic rings. The van der Waals surface area contributed by atoms with Crippen LogP contribution in [0.3, 0.4) is 0 Å². The van der Waals surface area contributed by atoms with Crippen LogP contribution in [0.4, 0.5) is 5.82 Å². The first-order valence-corrected chi connectivity index (χ1v) is 12.8. The molecule has 1 aromatic carbocycles. The molecule has 0 radical (unpaired) electrons. The number of aromatic hydroxyl groups is 1. The van der Waals surface area contributed by atoms with Gasteiger partial charge in [-0.3, -0.25) is 4.98 Å². The molecule has 1 fully saturated rings. The minimum absolute atomic E-state index is 0.267. The van der Waals surface area contributed by atoms with Gasteiger partial charge in [0.2, 0.25) is 0 Å². The van der Waals surface area contributed by atoms with Gasteiger partial charge in [0.15, 0.2) is 5.65 Å². The van der Waals surface area contributed by atoms with Gasteiger partial charge in [0.25, 0.3) is 0 Å². The van der Waals surface area contributed by atoms with Gasteiger partial charge in [0.1, 0.15) is 11.6 Å². The van der Waals surface area contributed by atoms with E-state index in [1.54, 1.807) is 24.5 Å². The highest BCUT2D eigenvalue weighted by Gasteiger charge is 2.24.